The van der Waals surface area contributed by atoms with Gasteiger partial charge >= 0.3 is 5.97 Å². The molecule has 0 radical (unpaired) electrons. The zero-order valence-electron chi connectivity index (χ0n) is 9.12. The van der Waals surface area contributed by atoms with Gasteiger partial charge in [0, 0.05) is 10.2 Å². The van der Waals surface area contributed by atoms with Gasteiger partial charge in [0.05, 0.1) is 15.7 Å². The molecule has 2 rings (SSSR count). The Kier molecular flexibility index (Phi) is 3.66. The number of benzene rings is 1. The van der Waals surface area contributed by atoms with Gasteiger partial charge in [-0.15, -0.1) is 0 Å². The Labute approximate surface area is 121 Å². The summed E-state index contributed by atoms with van der Waals surface area (Å²) in [6.07, 6.45) is 0. The predicted octanol–water partition coefficient (Wildman–Crippen LogP) is 3.95. The summed E-state index contributed by atoms with van der Waals surface area (Å²) in [5.41, 5.74) is 1.16. The van der Waals surface area contributed by atoms with E-state index in [9.17, 15) is 4.79 Å². The smallest absolute Gasteiger partial charge is 0.356 e. The van der Waals surface area contributed by atoms with Crippen LogP contribution in [-0.4, -0.2) is 20.9 Å². The van der Waals surface area contributed by atoms with E-state index in [1.54, 1.807) is 19.1 Å². The summed E-state index contributed by atoms with van der Waals surface area (Å²) in [6, 6.07) is 4.91. The van der Waals surface area contributed by atoms with Gasteiger partial charge in [0.2, 0.25) is 0 Å². The minimum Gasteiger partial charge on any atom is -0.476 e. The number of nitrogens with zero attached hydrogens (tertiary/aromatic N) is 2. The number of rotatable bonds is 2. The fraction of sp³-hybridized carbons (Fsp3) is 0.0909. The van der Waals surface area contributed by atoms with Gasteiger partial charge in [0.25, 0.3) is 0 Å². The lowest BCUT2D eigenvalue weighted by Crippen LogP contribution is -2.03. The van der Waals surface area contributed by atoms with Gasteiger partial charge in [-0.25, -0.2) is 9.48 Å². The van der Waals surface area contributed by atoms with Gasteiger partial charge in [0.1, 0.15) is 0 Å². The van der Waals surface area contributed by atoms with Gasteiger partial charge in [-0.3, -0.25) is 0 Å². The molecular formula is C11H7BrCl2N2O2. The highest BCUT2D eigenvalue weighted by atomic mass is 79.9. The molecule has 1 aromatic carbocycles. The normalized spacial score (nSPS) is 10.7. The molecule has 0 aliphatic rings. The molecule has 1 aromatic heterocycles. The molecule has 0 unspecified atom stereocenters. The molecular weight excluding hydrogens is 343 g/mol. The molecule has 7 heteroatoms. The first kappa shape index (κ1) is 13.4. The number of aryl methyl sites for hydroxylation is 1. The molecule has 2 aromatic rings. The fourth-order valence-corrected chi connectivity index (χ4v) is 2.35. The van der Waals surface area contributed by atoms with Crippen molar-refractivity contribution >= 4 is 45.1 Å². The first-order valence-electron chi connectivity index (χ1n) is 4.85. The van der Waals surface area contributed by atoms with E-state index in [2.05, 4.69) is 21.0 Å². The SMILES string of the molecule is Cc1cc(C(=O)O)nn1-c1ccc(Br)c(Cl)c1Cl. The topological polar surface area (TPSA) is 55.1 Å². The number of carboxylic acids is 1. The second-order valence-corrected chi connectivity index (χ2v) is 5.19. The number of hydrogen-bond acceptors (Lipinski definition) is 2. The van der Waals surface area contributed by atoms with Crippen molar-refractivity contribution in [3.05, 3.63) is 44.1 Å². The molecule has 0 spiro atoms. The van der Waals surface area contributed by atoms with Gasteiger partial charge in [-0.05, 0) is 41.1 Å². The second-order valence-electron chi connectivity index (χ2n) is 3.58. The van der Waals surface area contributed by atoms with Crippen molar-refractivity contribution in [2.24, 2.45) is 0 Å². The summed E-state index contributed by atoms with van der Waals surface area (Å²) in [5.74, 6) is -1.09. The third kappa shape index (κ3) is 2.25. The summed E-state index contributed by atoms with van der Waals surface area (Å²) in [4.78, 5) is 10.9. The van der Waals surface area contributed by atoms with E-state index in [4.69, 9.17) is 28.3 Å². The molecule has 0 aliphatic heterocycles. The Morgan fingerprint density at radius 2 is 2.06 bits per heavy atom. The Morgan fingerprint density at radius 3 is 2.61 bits per heavy atom. The van der Waals surface area contributed by atoms with Crippen LogP contribution in [0.4, 0.5) is 0 Å². The zero-order valence-corrected chi connectivity index (χ0v) is 12.2. The highest BCUT2D eigenvalue weighted by molar-refractivity contribution is 9.10. The average Bonchev–Trinajstić information content (AvgIpc) is 2.69. The van der Waals surface area contributed by atoms with E-state index in [0.29, 0.717) is 25.9 Å². The molecule has 0 aliphatic carbocycles. The lowest BCUT2D eigenvalue weighted by Gasteiger charge is -2.08. The Morgan fingerprint density at radius 1 is 1.39 bits per heavy atom. The van der Waals surface area contributed by atoms with Crippen molar-refractivity contribution in [3.63, 3.8) is 0 Å². The third-order valence-electron chi connectivity index (χ3n) is 2.35. The highest BCUT2D eigenvalue weighted by Gasteiger charge is 2.16. The quantitative estimate of drug-likeness (QED) is 0.835. The van der Waals surface area contributed by atoms with Crippen molar-refractivity contribution in [2.45, 2.75) is 6.92 Å². The number of halogens is 3. The van der Waals surface area contributed by atoms with Crippen LogP contribution in [0.3, 0.4) is 0 Å². The minimum atomic E-state index is -1.09. The number of carbonyl (C=O) groups is 1. The molecule has 18 heavy (non-hydrogen) atoms. The number of hydrogen-bond donors (Lipinski definition) is 1. The summed E-state index contributed by atoms with van der Waals surface area (Å²) in [5, 5.41) is 13.5. The van der Waals surface area contributed by atoms with Crippen LogP contribution in [0.15, 0.2) is 22.7 Å². The Bertz CT molecular complexity index is 640. The highest BCUT2D eigenvalue weighted by Crippen LogP contribution is 2.35. The van der Waals surface area contributed by atoms with Crippen LogP contribution in [0.2, 0.25) is 10.0 Å². The first-order valence-corrected chi connectivity index (χ1v) is 6.40. The summed E-state index contributed by atoms with van der Waals surface area (Å²) < 4.78 is 2.12. The molecule has 1 N–H and O–H groups in total. The number of carboxylic acid groups (broad SMARTS) is 1. The van der Waals surface area contributed by atoms with Crippen molar-refractivity contribution in [1.29, 1.82) is 0 Å². The van der Waals surface area contributed by atoms with Crippen LogP contribution in [0.5, 0.6) is 0 Å². The Balaban J connectivity index is 2.62. The van der Waals surface area contributed by atoms with Crippen molar-refractivity contribution in [2.75, 3.05) is 0 Å². The maximum absolute atomic E-state index is 10.9. The monoisotopic (exact) mass is 348 g/mol. The first-order chi connectivity index (χ1) is 8.41. The van der Waals surface area contributed by atoms with Crippen LogP contribution < -0.4 is 0 Å². The predicted molar refractivity (Wildman–Crippen MR) is 73.0 cm³/mol. The molecule has 0 atom stereocenters. The van der Waals surface area contributed by atoms with E-state index in [1.165, 1.54) is 10.7 Å². The van der Waals surface area contributed by atoms with Crippen LogP contribution in [-0.2, 0) is 0 Å². The summed E-state index contributed by atoms with van der Waals surface area (Å²) >= 11 is 15.4. The largest absolute Gasteiger partial charge is 0.476 e. The molecule has 1 heterocycles. The maximum atomic E-state index is 10.9. The van der Waals surface area contributed by atoms with Crippen LogP contribution in [0.25, 0.3) is 5.69 Å². The minimum absolute atomic E-state index is 0.0393. The molecule has 0 saturated heterocycles. The number of aromatic carboxylic acids is 1. The summed E-state index contributed by atoms with van der Waals surface area (Å²) in [6.45, 7) is 1.74. The standard InChI is InChI=1S/C11H7BrCl2N2O2/c1-5-4-7(11(17)18)15-16(5)8-3-2-6(12)9(13)10(8)14/h2-4H,1H3,(H,17,18). The molecule has 94 valence electrons. The van der Waals surface area contributed by atoms with E-state index in [1.807, 2.05) is 0 Å². The van der Waals surface area contributed by atoms with Crippen molar-refractivity contribution in [1.82, 2.24) is 9.78 Å². The van der Waals surface area contributed by atoms with E-state index >= 15 is 0 Å². The molecule has 0 saturated carbocycles. The van der Waals surface area contributed by atoms with Gasteiger partial charge in [-0.2, -0.15) is 5.10 Å². The van der Waals surface area contributed by atoms with Crippen LogP contribution in [0.1, 0.15) is 16.2 Å². The van der Waals surface area contributed by atoms with Crippen LogP contribution in [0, 0.1) is 6.92 Å². The van der Waals surface area contributed by atoms with E-state index in [0.717, 1.165) is 0 Å². The Hall–Kier alpha value is -1.04. The lowest BCUT2D eigenvalue weighted by atomic mass is 10.3. The number of aromatic nitrogens is 2. The molecule has 0 amide bonds. The van der Waals surface area contributed by atoms with E-state index in [-0.39, 0.29) is 5.69 Å². The van der Waals surface area contributed by atoms with Gasteiger partial charge < -0.3 is 5.11 Å². The second kappa shape index (κ2) is 4.91. The zero-order chi connectivity index (χ0) is 13.4. The average molecular weight is 350 g/mol. The third-order valence-corrected chi connectivity index (χ3v) is 4.11. The molecule has 0 bridgehead atoms. The maximum Gasteiger partial charge on any atom is 0.356 e. The molecule has 0 fully saturated rings. The lowest BCUT2D eigenvalue weighted by molar-refractivity contribution is 0.0690. The van der Waals surface area contributed by atoms with Crippen LogP contribution >= 0.6 is 39.1 Å². The van der Waals surface area contributed by atoms with Crippen molar-refractivity contribution < 1.29 is 9.90 Å². The van der Waals surface area contributed by atoms with E-state index < -0.39 is 5.97 Å². The van der Waals surface area contributed by atoms with Gasteiger partial charge in [-0.1, -0.05) is 23.2 Å². The molecule has 4 nitrogen and oxygen atoms in total. The fourth-order valence-electron chi connectivity index (χ4n) is 1.50. The summed E-state index contributed by atoms with van der Waals surface area (Å²) in [7, 11) is 0. The van der Waals surface area contributed by atoms with Crippen molar-refractivity contribution in [3.8, 4) is 5.69 Å². The van der Waals surface area contributed by atoms with Gasteiger partial charge in [0.15, 0.2) is 5.69 Å².